The minimum absolute atomic E-state index is 0.0256. The highest BCUT2D eigenvalue weighted by Gasteiger charge is 2.34. The van der Waals surface area contributed by atoms with Gasteiger partial charge in [0.05, 0.1) is 19.3 Å². The quantitative estimate of drug-likeness (QED) is 0.875. The second kappa shape index (κ2) is 6.03. The largest absolute Gasteiger partial charge is 0.389 e. The van der Waals surface area contributed by atoms with E-state index in [2.05, 4.69) is 10.2 Å². The molecule has 2 N–H and O–H groups in total. The summed E-state index contributed by atoms with van der Waals surface area (Å²) in [5, 5.41) is 13.0. The van der Waals surface area contributed by atoms with Crippen molar-refractivity contribution in [3.05, 3.63) is 29.8 Å². The molecule has 1 saturated heterocycles. The molecule has 21 heavy (non-hydrogen) atoms. The van der Waals surface area contributed by atoms with Crippen LogP contribution in [-0.4, -0.2) is 42.9 Å². The molecule has 2 aliphatic rings. The standard InChI is InChI=1S/C16H22N2O3/c1-11(19)13-4-2-3-5-14(13)18-8-9-21-10-15(18)16(20)17-12-6-7-12/h2-5,11-12,15,19H,6-10H2,1H3,(H,17,20)/t11-,15?/m0/s1. The van der Waals surface area contributed by atoms with Gasteiger partial charge in [-0.05, 0) is 25.8 Å². The van der Waals surface area contributed by atoms with Gasteiger partial charge in [0.25, 0.3) is 0 Å². The van der Waals surface area contributed by atoms with Crippen LogP contribution in [0.5, 0.6) is 0 Å². The normalized spacial score (nSPS) is 23.7. The number of aliphatic hydroxyl groups excluding tert-OH is 1. The van der Waals surface area contributed by atoms with E-state index in [-0.39, 0.29) is 11.9 Å². The summed E-state index contributed by atoms with van der Waals surface area (Å²) in [6.07, 6.45) is 1.59. The van der Waals surface area contributed by atoms with Crippen molar-refractivity contribution in [2.24, 2.45) is 0 Å². The number of para-hydroxylation sites is 1. The number of amides is 1. The van der Waals surface area contributed by atoms with E-state index in [0.717, 1.165) is 24.1 Å². The van der Waals surface area contributed by atoms with E-state index in [1.54, 1.807) is 6.92 Å². The first kappa shape index (κ1) is 14.4. The fraction of sp³-hybridized carbons (Fsp3) is 0.562. The zero-order valence-corrected chi connectivity index (χ0v) is 12.3. The van der Waals surface area contributed by atoms with Gasteiger partial charge in [0.2, 0.25) is 5.91 Å². The number of morpholine rings is 1. The molecule has 5 nitrogen and oxygen atoms in total. The highest BCUT2D eigenvalue weighted by atomic mass is 16.5. The van der Waals surface area contributed by atoms with Gasteiger partial charge < -0.3 is 20.1 Å². The van der Waals surface area contributed by atoms with Crippen LogP contribution in [0.4, 0.5) is 5.69 Å². The first-order chi connectivity index (χ1) is 10.2. The molecule has 1 aliphatic heterocycles. The topological polar surface area (TPSA) is 61.8 Å². The number of anilines is 1. The van der Waals surface area contributed by atoms with Crippen molar-refractivity contribution in [3.8, 4) is 0 Å². The smallest absolute Gasteiger partial charge is 0.245 e. The summed E-state index contributed by atoms with van der Waals surface area (Å²) in [6, 6.07) is 7.74. The van der Waals surface area contributed by atoms with E-state index < -0.39 is 6.10 Å². The Balaban J connectivity index is 1.84. The summed E-state index contributed by atoms with van der Waals surface area (Å²) >= 11 is 0. The highest BCUT2D eigenvalue weighted by molar-refractivity contribution is 5.86. The second-order valence-corrected chi connectivity index (χ2v) is 5.80. The Morgan fingerprint density at radius 2 is 2.19 bits per heavy atom. The van der Waals surface area contributed by atoms with E-state index in [1.165, 1.54) is 0 Å². The third-order valence-corrected chi connectivity index (χ3v) is 4.05. The zero-order chi connectivity index (χ0) is 14.8. The molecular formula is C16H22N2O3. The molecule has 1 heterocycles. The molecule has 1 saturated carbocycles. The average Bonchev–Trinajstić information content (AvgIpc) is 3.31. The highest BCUT2D eigenvalue weighted by Crippen LogP contribution is 2.29. The van der Waals surface area contributed by atoms with Crippen molar-refractivity contribution in [2.75, 3.05) is 24.7 Å². The van der Waals surface area contributed by atoms with Crippen LogP contribution in [0, 0.1) is 0 Å². The third-order valence-electron chi connectivity index (χ3n) is 4.05. The van der Waals surface area contributed by atoms with Crippen LogP contribution in [0.2, 0.25) is 0 Å². The maximum atomic E-state index is 12.4. The molecule has 1 aromatic rings. The van der Waals surface area contributed by atoms with Gasteiger partial charge in [0.1, 0.15) is 6.04 Å². The lowest BCUT2D eigenvalue weighted by Crippen LogP contribution is -2.54. The van der Waals surface area contributed by atoms with Crippen LogP contribution < -0.4 is 10.2 Å². The van der Waals surface area contributed by atoms with Gasteiger partial charge in [0, 0.05) is 23.8 Å². The monoisotopic (exact) mass is 290 g/mol. The molecule has 0 radical (unpaired) electrons. The Morgan fingerprint density at radius 1 is 1.43 bits per heavy atom. The lowest BCUT2D eigenvalue weighted by atomic mass is 10.0. The van der Waals surface area contributed by atoms with Crippen molar-refractivity contribution in [1.29, 1.82) is 0 Å². The number of carbonyl (C=O) groups excluding carboxylic acids is 1. The predicted molar refractivity (Wildman–Crippen MR) is 80.2 cm³/mol. The predicted octanol–water partition coefficient (Wildman–Crippen LogP) is 1.22. The summed E-state index contributed by atoms with van der Waals surface area (Å²) in [5.74, 6) is 0.0256. The van der Waals surface area contributed by atoms with Crippen LogP contribution in [-0.2, 0) is 9.53 Å². The first-order valence-corrected chi connectivity index (χ1v) is 7.58. The van der Waals surface area contributed by atoms with Crippen LogP contribution in [0.25, 0.3) is 0 Å². The Hall–Kier alpha value is -1.59. The number of nitrogens with one attached hydrogen (secondary N) is 1. The number of nitrogens with zero attached hydrogens (tertiary/aromatic N) is 1. The van der Waals surface area contributed by atoms with E-state index in [0.29, 0.717) is 25.8 Å². The number of hydrogen-bond donors (Lipinski definition) is 2. The van der Waals surface area contributed by atoms with Crippen LogP contribution in [0.1, 0.15) is 31.4 Å². The average molecular weight is 290 g/mol. The van der Waals surface area contributed by atoms with Crippen LogP contribution in [0.15, 0.2) is 24.3 Å². The van der Waals surface area contributed by atoms with Crippen molar-refractivity contribution in [1.82, 2.24) is 5.32 Å². The Bertz CT molecular complexity index is 514. The number of ether oxygens (including phenoxy) is 1. The van der Waals surface area contributed by atoms with Crippen molar-refractivity contribution in [2.45, 2.75) is 38.0 Å². The molecular weight excluding hydrogens is 268 g/mol. The van der Waals surface area contributed by atoms with Gasteiger partial charge in [-0.2, -0.15) is 0 Å². The molecule has 1 unspecified atom stereocenters. The molecule has 2 fully saturated rings. The van der Waals surface area contributed by atoms with Crippen LogP contribution >= 0.6 is 0 Å². The van der Waals surface area contributed by atoms with Crippen molar-refractivity contribution < 1.29 is 14.6 Å². The van der Waals surface area contributed by atoms with E-state index >= 15 is 0 Å². The molecule has 1 aromatic carbocycles. The SMILES string of the molecule is C[C@H](O)c1ccccc1N1CCOCC1C(=O)NC1CC1. The van der Waals surface area contributed by atoms with Gasteiger partial charge in [-0.15, -0.1) is 0 Å². The Kier molecular flexibility index (Phi) is 4.12. The molecule has 0 bridgehead atoms. The van der Waals surface area contributed by atoms with Gasteiger partial charge in [0.15, 0.2) is 0 Å². The minimum atomic E-state index is -0.559. The Morgan fingerprint density at radius 3 is 2.90 bits per heavy atom. The summed E-state index contributed by atoms with van der Waals surface area (Å²) in [5.41, 5.74) is 1.77. The summed E-state index contributed by atoms with van der Waals surface area (Å²) in [6.45, 7) is 3.40. The molecule has 0 aromatic heterocycles. The van der Waals surface area contributed by atoms with E-state index in [4.69, 9.17) is 4.74 Å². The zero-order valence-electron chi connectivity index (χ0n) is 12.3. The number of rotatable bonds is 4. The lowest BCUT2D eigenvalue weighted by Gasteiger charge is -2.37. The number of aliphatic hydroxyl groups is 1. The van der Waals surface area contributed by atoms with E-state index in [9.17, 15) is 9.90 Å². The molecule has 2 atom stereocenters. The van der Waals surface area contributed by atoms with Gasteiger partial charge >= 0.3 is 0 Å². The summed E-state index contributed by atoms with van der Waals surface area (Å²) < 4.78 is 5.49. The van der Waals surface area contributed by atoms with E-state index in [1.807, 2.05) is 24.3 Å². The van der Waals surface area contributed by atoms with Crippen LogP contribution in [0.3, 0.4) is 0 Å². The fourth-order valence-electron chi connectivity index (χ4n) is 2.74. The maximum Gasteiger partial charge on any atom is 0.245 e. The number of benzene rings is 1. The first-order valence-electron chi connectivity index (χ1n) is 7.58. The van der Waals surface area contributed by atoms with Crippen molar-refractivity contribution >= 4 is 11.6 Å². The molecule has 114 valence electrons. The lowest BCUT2D eigenvalue weighted by molar-refractivity contribution is -0.124. The number of hydrogen-bond acceptors (Lipinski definition) is 4. The molecule has 3 rings (SSSR count). The second-order valence-electron chi connectivity index (χ2n) is 5.80. The van der Waals surface area contributed by atoms with Gasteiger partial charge in [-0.3, -0.25) is 4.79 Å². The maximum absolute atomic E-state index is 12.4. The molecule has 1 aliphatic carbocycles. The van der Waals surface area contributed by atoms with Gasteiger partial charge in [-0.1, -0.05) is 18.2 Å². The third kappa shape index (κ3) is 3.19. The number of carbonyl (C=O) groups is 1. The van der Waals surface area contributed by atoms with Gasteiger partial charge in [-0.25, -0.2) is 0 Å². The molecule has 5 heteroatoms. The fourth-order valence-corrected chi connectivity index (χ4v) is 2.74. The summed E-state index contributed by atoms with van der Waals surface area (Å²) in [4.78, 5) is 14.5. The minimum Gasteiger partial charge on any atom is -0.389 e. The molecule has 0 spiro atoms. The molecule has 1 amide bonds. The summed E-state index contributed by atoms with van der Waals surface area (Å²) in [7, 11) is 0. The van der Waals surface area contributed by atoms with Crippen molar-refractivity contribution in [3.63, 3.8) is 0 Å². The Labute approximate surface area is 124 Å².